The van der Waals surface area contributed by atoms with Gasteiger partial charge in [0.2, 0.25) is 0 Å². The van der Waals surface area contributed by atoms with Gasteiger partial charge in [-0.25, -0.2) is 4.39 Å². The third-order valence-electron chi connectivity index (χ3n) is 6.42. The fourth-order valence-corrected chi connectivity index (χ4v) is 5.06. The smallest absolute Gasteiger partial charge is 0.259 e. The van der Waals surface area contributed by atoms with E-state index in [1.807, 2.05) is 20.1 Å². The summed E-state index contributed by atoms with van der Waals surface area (Å²) >= 11 is 1.67. The van der Waals surface area contributed by atoms with Crippen molar-refractivity contribution in [3.05, 3.63) is 87.6 Å². The van der Waals surface area contributed by atoms with Crippen LogP contribution < -0.4 is 10.5 Å². The van der Waals surface area contributed by atoms with Gasteiger partial charge in [0, 0.05) is 49.0 Å². The molecule has 0 amide bonds. The van der Waals surface area contributed by atoms with Gasteiger partial charge >= 0.3 is 0 Å². The Balaban J connectivity index is 1.70. The van der Waals surface area contributed by atoms with Gasteiger partial charge < -0.3 is 14.6 Å². The molecule has 33 heavy (non-hydrogen) atoms. The van der Waals surface area contributed by atoms with Gasteiger partial charge in [0.05, 0.1) is 11.6 Å². The quantitative estimate of drug-likeness (QED) is 0.535. The molecule has 7 heteroatoms. The number of anilines is 1. The number of pyridine rings is 1. The van der Waals surface area contributed by atoms with E-state index in [2.05, 4.69) is 34.1 Å². The lowest BCUT2D eigenvalue weighted by atomic mass is 9.96. The first-order chi connectivity index (χ1) is 15.9. The molecule has 1 aliphatic heterocycles. The fourth-order valence-electron chi connectivity index (χ4n) is 4.66. The van der Waals surface area contributed by atoms with Gasteiger partial charge in [-0.2, -0.15) is 0 Å². The zero-order valence-electron chi connectivity index (χ0n) is 19.3. The molecule has 4 rings (SSSR count). The number of thioether (sulfide) groups is 1. The highest BCUT2D eigenvalue weighted by Gasteiger charge is 2.31. The monoisotopic (exact) mass is 467 g/mol. The summed E-state index contributed by atoms with van der Waals surface area (Å²) in [5, 5.41) is 10.9. The summed E-state index contributed by atoms with van der Waals surface area (Å²) in [5.74, 6) is -0.199. The Bertz CT molecular complexity index is 1150. The van der Waals surface area contributed by atoms with Gasteiger partial charge in [0.1, 0.15) is 11.6 Å². The van der Waals surface area contributed by atoms with Crippen molar-refractivity contribution >= 4 is 17.4 Å². The maximum atomic E-state index is 13.5. The van der Waals surface area contributed by atoms with E-state index in [0.717, 1.165) is 34.9 Å². The van der Waals surface area contributed by atoms with E-state index in [1.54, 1.807) is 34.5 Å². The van der Waals surface area contributed by atoms with Crippen LogP contribution >= 0.6 is 11.8 Å². The number of nitrogens with zero attached hydrogens (tertiary/aromatic N) is 3. The highest BCUT2D eigenvalue weighted by Crippen LogP contribution is 2.34. The molecule has 0 bridgehead atoms. The Labute approximate surface area is 198 Å². The lowest BCUT2D eigenvalue weighted by Crippen LogP contribution is -2.49. The lowest BCUT2D eigenvalue weighted by Gasteiger charge is -2.40. The fraction of sp³-hybridized carbons (Fsp3) is 0.346. The van der Waals surface area contributed by atoms with Crippen LogP contribution in [0.15, 0.2) is 64.3 Å². The van der Waals surface area contributed by atoms with Gasteiger partial charge in [-0.05, 0) is 68.1 Å². The van der Waals surface area contributed by atoms with Crippen molar-refractivity contribution in [1.29, 1.82) is 0 Å². The van der Waals surface area contributed by atoms with Crippen LogP contribution in [0.4, 0.5) is 10.1 Å². The molecule has 0 spiro atoms. The van der Waals surface area contributed by atoms with Crippen molar-refractivity contribution in [2.45, 2.75) is 31.3 Å². The average Bonchev–Trinajstić information content (AvgIpc) is 2.83. The van der Waals surface area contributed by atoms with Crippen molar-refractivity contribution in [2.75, 3.05) is 37.3 Å². The number of aromatic nitrogens is 1. The molecule has 1 saturated heterocycles. The number of rotatable bonds is 6. The SMILES string of the molecule is CCn1c(C)cc(O)c([C@@H](c2ccc(SC)cc2)N2CCN(c3ccc(F)cc3)CC2)c1=O. The molecule has 5 nitrogen and oxygen atoms in total. The summed E-state index contributed by atoms with van der Waals surface area (Å²) in [6.07, 6.45) is 2.03. The van der Waals surface area contributed by atoms with Crippen LogP contribution in [-0.4, -0.2) is 47.0 Å². The van der Waals surface area contributed by atoms with E-state index in [9.17, 15) is 14.3 Å². The van der Waals surface area contributed by atoms with Crippen LogP contribution in [-0.2, 0) is 6.54 Å². The Morgan fingerprint density at radius 3 is 2.24 bits per heavy atom. The Morgan fingerprint density at radius 1 is 1.03 bits per heavy atom. The minimum absolute atomic E-state index is 0.0436. The highest BCUT2D eigenvalue weighted by atomic mass is 32.2. The summed E-state index contributed by atoms with van der Waals surface area (Å²) in [6, 6.07) is 16.1. The molecule has 0 saturated carbocycles. The zero-order chi connectivity index (χ0) is 23.5. The number of aryl methyl sites for hydroxylation is 1. The molecule has 2 heterocycles. The summed E-state index contributed by atoms with van der Waals surface area (Å²) < 4.78 is 15.0. The molecular formula is C26H30FN3O2S. The summed E-state index contributed by atoms with van der Waals surface area (Å²) in [7, 11) is 0. The van der Waals surface area contributed by atoms with Crippen molar-refractivity contribution in [3.63, 3.8) is 0 Å². The summed E-state index contributed by atoms with van der Waals surface area (Å²) in [4.78, 5) is 19.1. The Hall–Kier alpha value is -2.77. The van der Waals surface area contributed by atoms with Crippen LogP contribution in [0, 0.1) is 12.7 Å². The van der Waals surface area contributed by atoms with Crippen molar-refractivity contribution < 1.29 is 9.50 Å². The third kappa shape index (κ3) is 4.80. The molecule has 1 N–H and O–H groups in total. The molecule has 0 radical (unpaired) electrons. The van der Waals surface area contributed by atoms with Gasteiger partial charge in [-0.15, -0.1) is 11.8 Å². The second-order valence-corrected chi connectivity index (χ2v) is 9.19. The maximum absolute atomic E-state index is 13.5. The molecule has 3 aromatic rings. The minimum Gasteiger partial charge on any atom is -0.507 e. The third-order valence-corrected chi connectivity index (χ3v) is 7.16. The van der Waals surface area contributed by atoms with E-state index >= 15 is 0 Å². The van der Waals surface area contributed by atoms with Crippen LogP contribution in [0.1, 0.15) is 29.8 Å². The molecule has 174 valence electrons. The standard InChI is InChI=1S/C26H30FN3O2S/c1-4-30-18(2)17-23(31)24(26(30)32)25(19-5-11-22(33-3)12-6-19)29-15-13-28(14-16-29)21-9-7-20(27)8-10-21/h5-12,17,25,31H,4,13-16H2,1-3H3/t25-/m1/s1. The molecule has 1 fully saturated rings. The molecule has 2 aromatic carbocycles. The van der Waals surface area contributed by atoms with E-state index < -0.39 is 0 Å². The molecular weight excluding hydrogens is 437 g/mol. The number of hydrogen-bond donors (Lipinski definition) is 1. The van der Waals surface area contributed by atoms with Crippen LogP contribution in [0.2, 0.25) is 0 Å². The number of aromatic hydroxyl groups is 1. The zero-order valence-corrected chi connectivity index (χ0v) is 20.1. The average molecular weight is 468 g/mol. The van der Waals surface area contributed by atoms with Crippen LogP contribution in [0.5, 0.6) is 5.75 Å². The second kappa shape index (κ2) is 10.0. The summed E-state index contributed by atoms with van der Waals surface area (Å²) in [6.45, 7) is 7.27. The van der Waals surface area contributed by atoms with Gasteiger partial charge in [-0.1, -0.05) is 12.1 Å². The van der Waals surface area contributed by atoms with Gasteiger partial charge in [-0.3, -0.25) is 9.69 Å². The normalized spacial score (nSPS) is 15.6. The molecule has 1 aliphatic rings. The first-order valence-electron chi connectivity index (χ1n) is 11.2. The molecule has 1 aromatic heterocycles. The predicted molar refractivity (Wildman–Crippen MR) is 133 cm³/mol. The molecule has 0 unspecified atom stereocenters. The molecule has 1 atom stereocenters. The predicted octanol–water partition coefficient (Wildman–Crippen LogP) is 4.65. The topological polar surface area (TPSA) is 48.7 Å². The summed E-state index contributed by atoms with van der Waals surface area (Å²) in [5.41, 5.74) is 3.01. The van der Waals surface area contributed by atoms with Gasteiger partial charge in [0.25, 0.3) is 5.56 Å². The second-order valence-electron chi connectivity index (χ2n) is 8.31. The maximum Gasteiger partial charge on any atom is 0.259 e. The number of piperazine rings is 1. The minimum atomic E-state index is -0.345. The first-order valence-corrected chi connectivity index (χ1v) is 12.5. The Morgan fingerprint density at radius 2 is 1.67 bits per heavy atom. The van der Waals surface area contributed by atoms with E-state index in [-0.39, 0.29) is 23.2 Å². The first kappa shape index (κ1) is 23.4. The van der Waals surface area contributed by atoms with Crippen molar-refractivity contribution in [1.82, 2.24) is 9.47 Å². The van der Waals surface area contributed by atoms with E-state index in [1.165, 1.54) is 12.1 Å². The lowest BCUT2D eigenvalue weighted by molar-refractivity contribution is 0.207. The number of hydrogen-bond acceptors (Lipinski definition) is 5. The Kier molecular flexibility index (Phi) is 7.10. The van der Waals surface area contributed by atoms with Crippen molar-refractivity contribution in [3.8, 4) is 5.75 Å². The number of benzene rings is 2. The van der Waals surface area contributed by atoms with E-state index in [4.69, 9.17) is 0 Å². The highest BCUT2D eigenvalue weighted by molar-refractivity contribution is 7.98. The van der Waals surface area contributed by atoms with Crippen LogP contribution in [0.3, 0.4) is 0 Å². The number of halogens is 1. The van der Waals surface area contributed by atoms with Gasteiger partial charge in [0.15, 0.2) is 0 Å². The van der Waals surface area contributed by atoms with E-state index in [0.29, 0.717) is 25.2 Å². The van der Waals surface area contributed by atoms with Crippen LogP contribution in [0.25, 0.3) is 0 Å². The van der Waals surface area contributed by atoms with Crippen molar-refractivity contribution in [2.24, 2.45) is 0 Å². The molecule has 0 aliphatic carbocycles. The largest absolute Gasteiger partial charge is 0.507 e.